The molecule has 0 aliphatic carbocycles. The van der Waals surface area contributed by atoms with E-state index in [0.717, 1.165) is 18.7 Å². The van der Waals surface area contributed by atoms with Gasteiger partial charge in [0.25, 0.3) is 0 Å². The Morgan fingerprint density at radius 2 is 1.53 bits per heavy atom. The van der Waals surface area contributed by atoms with Crippen LogP contribution in [0, 0.1) is 0 Å². The molecule has 1 atom stereocenters. The molecule has 0 amide bonds. The first kappa shape index (κ1) is 16.5. The Balaban J connectivity index is 1.95. The molecular formula is C15H27ClN2O. The SMILES string of the molecule is CCCCCCCCCCCc1nnc(C(C)Cl)o1. The molecule has 19 heavy (non-hydrogen) atoms. The van der Waals surface area contributed by atoms with Crippen LogP contribution in [0.1, 0.15) is 88.8 Å². The highest BCUT2D eigenvalue weighted by atomic mass is 35.5. The van der Waals surface area contributed by atoms with Crippen molar-refractivity contribution >= 4 is 11.6 Å². The molecule has 0 spiro atoms. The average Bonchev–Trinajstić information content (AvgIpc) is 2.86. The molecule has 0 radical (unpaired) electrons. The van der Waals surface area contributed by atoms with Crippen LogP contribution in [0.15, 0.2) is 4.42 Å². The molecule has 1 rings (SSSR count). The van der Waals surface area contributed by atoms with E-state index in [1.165, 1.54) is 51.4 Å². The Kier molecular flexibility index (Phi) is 8.89. The summed E-state index contributed by atoms with van der Waals surface area (Å²) in [7, 11) is 0. The van der Waals surface area contributed by atoms with Gasteiger partial charge in [0.05, 0.1) is 0 Å². The monoisotopic (exact) mass is 286 g/mol. The van der Waals surface area contributed by atoms with Crippen LogP contribution < -0.4 is 0 Å². The number of alkyl halides is 1. The van der Waals surface area contributed by atoms with Gasteiger partial charge in [-0.2, -0.15) is 0 Å². The lowest BCUT2D eigenvalue weighted by Gasteiger charge is -2.00. The number of halogens is 1. The van der Waals surface area contributed by atoms with Crippen molar-refractivity contribution in [1.29, 1.82) is 0 Å². The fraction of sp³-hybridized carbons (Fsp3) is 0.867. The second-order valence-corrected chi connectivity index (χ2v) is 5.88. The molecule has 1 aromatic rings. The molecule has 4 heteroatoms. The molecule has 0 saturated heterocycles. The van der Waals surface area contributed by atoms with Crippen molar-refractivity contribution in [2.75, 3.05) is 0 Å². The van der Waals surface area contributed by atoms with E-state index in [1.807, 2.05) is 6.92 Å². The highest BCUT2D eigenvalue weighted by Gasteiger charge is 2.10. The number of aromatic nitrogens is 2. The summed E-state index contributed by atoms with van der Waals surface area (Å²) in [4.78, 5) is 0. The first-order valence-electron chi connectivity index (χ1n) is 7.70. The van der Waals surface area contributed by atoms with E-state index >= 15 is 0 Å². The van der Waals surface area contributed by atoms with E-state index in [9.17, 15) is 0 Å². The van der Waals surface area contributed by atoms with Crippen LogP contribution in [-0.4, -0.2) is 10.2 Å². The van der Waals surface area contributed by atoms with Crippen LogP contribution in [0.4, 0.5) is 0 Å². The first-order valence-corrected chi connectivity index (χ1v) is 8.14. The van der Waals surface area contributed by atoms with Crippen molar-refractivity contribution < 1.29 is 4.42 Å². The third kappa shape index (κ3) is 7.56. The third-order valence-corrected chi connectivity index (χ3v) is 3.50. The topological polar surface area (TPSA) is 38.9 Å². The number of nitrogens with zero attached hydrogens (tertiary/aromatic N) is 2. The van der Waals surface area contributed by atoms with Crippen molar-refractivity contribution in [3.63, 3.8) is 0 Å². The smallest absolute Gasteiger partial charge is 0.234 e. The lowest BCUT2D eigenvalue weighted by atomic mass is 10.1. The summed E-state index contributed by atoms with van der Waals surface area (Å²) in [6.07, 6.45) is 12.8. The molecule has 1 unspecified atom stereocenters. The normalized spacial score (nSPS) is 12.8. The Morgan fingerprint density at radius 1 is 0.947 bits per heavy atom. The average molecular weight is 287 g/mol. The predicted octanol–water partition coefficient (Wildman–Crippen LogP) is 5.44. The zero-order chi connectivity index (χ0) is 13.9. The molecule has 1 aromatic heterocycles. The summed E-state index contributed by atoms with van der Waals surface area (Å²) in [5.41, 5.74) is 0. The Labute approximate surface area is 122 Å². The Morgan fingerprint density at radius 3 is 2.05 bits per heavy atom. The molecular weight excluding hydrogens is 260 g/mol. The van der Waals surface area contributed by atoms with Gasteiger partial charge in [-0.05, 0) is 13.3 Å². The molecule has 0 aromatic carbocycles. The van der Waals surface area contributed by atoms with Crippen molar-refractivity contribution in [1.82, 2.24) is 10.2 Å². The Hall–Kier alpha value is -0.570. The van der Waals surface area contributed by atoms with E-state index in [4.69, 9.17) is 16.0 Å². The van der Waals surface area contributed by atoms with Gasteiger partial charge in [0.15, 0.2) is 0 Å². The summed E-state index contributed by atoms with van der Waals surface area (Å²) in [5, 5.41) is 7.74. The standard InChI is InChI=1S/C15H27ClN2O/c1-3-4-5-6-7-8-9-10-11-12-14-17-18-15(19-14)13(2)16/h13H,3-12H2,1-2H3. The van der Waals surface area contributed by atoms with Crippen LogP contribution in [0.3, 0.4) is 0 Å². The second-order valence-electron chi connectivity index (χ2n) is 5.23. The maximum Gasteiger partial charge on any atom is 0.234 e. The molecule has 0 saturated carbocycles. The van der Waals surface area contributed by atoms with E-state index in [2.05, 4.69) is 17.1 Å². The summed E-state index contributed by atoms with van der Waals surface area (Å²) < 4.78 is 5.46. The molecule has 110 valence electrons. The number of aryl methyl sites for hydroxylation is 1. The highest BCUT2D eigenvalue weighted by Crippen LogP contribution is 2.18. The lowest BCUT2D eigenvalue weighted by Crippen LogP contribution is -1.86. The summed E-state index contributed by atoms with van der Waals surface area (Å²) in [5.74, 6) is 1.26. The van der Waals surface area contributed by atoms with E-state index in [0.29, 0.717) is 5.89 Å². The van der Waals surface area contributed by atoms with Gasteiger partial charge >= 0.3 is 0 Å². The third-order valence-electron chi connectivity index (χ3n) is 3.32. The van der Waals surface area contributed by atoms with E-state index < -0.39 is 0 Å². The van der Waals surface area contributed by atoms with Crippen LogP contribution in [0.2, 0.25) is 0 Å². The van der Waals surface area contributed by atoms with Gasteiger partial charge in [0.1, 0.15) is 5.38 Å². The largest absolute Gasteiger partial charge is 0.424 e. The number of hydrogen-bond acceptors (Lipinski definition) is 3. The van der Waals surface area contributed by atoms with Crippen LogP contribution in [0.5, 0.6) is 0 Å². The zero-order valence-corrected chi connectivity index (χ0v) is 13.1. The minimum atomic E-state index is -0.190. The predicted molar refractivity (Wildman–Crippen MR) is 79.5 cm³/mol. The quantitative estimate of drug-likeness (QED) is 0.401. The summed E-state index contributed by atoms with van der Waals surface area (Å²) in [6.45, 7) is 4.10. The number of unbranched alkanes of at least 4 members (excludes halogenated alkanes) is 8. The number of hydrogen-bond donors (Lipinski definition) is 0. The minimum Gasteiger partial charge on any atom is -0.424 e. The molecule has 3 nitrogen and oxygen atoms in total. The van der Waals surface area contributed by atoms with Gasteiger partial charge in [0.2, 0.25) is 11.8 Å². The number of rotatable bonds is 11. The molecule has 0 aliphatic heterocycles. The van der Waals surface area contributed by atoms with E-state index in [1.54, 1.807) is 0 Å². The fourth-order valence-electron chi connectivity index (χ4n) is 2.12. The Bertz CT molecular complexity index is 326. The van der Waals surface area contributed by atoms with Crippen molar-refractivity contribution in [3.05, 3.63) is 11.8 Å². The zero-order valence-electron chi connectivity index (χ0n) is 12.3. The summed E-state index contributed by atoms with van der Waals surface area (Å²) >= 11 is 5.87. The van der Waals surface area contributed by atoms with Gasteiger partial charge in [-0.25, -0.2) is 0 Å². The first-order chi connectivity index (χ1) is 9.24. The van der Waals surface area contributed by atoms with E-state index in [-0.39, 0.29) is 5.38 Å². The minimum absolute atomic E-state index is 0.190. The van der Waals surface area contributed by atoms with Crippen LogP contribution >= 0.6 is 11.6 Å². The lowest BCUT2D eigenvalue weighted by molar-refractivity contribution is 0.440. The second kappa shape index (κ2) is 10.2. The highest BCUT2D eigenvalue weighted by molar-refractivity contribution is 6.20. The molecule has 1 heterocycles. The van der Waals surface area contributed by atoms with Gasteiger partial charge in [-0.15, -0.1) is 21.8 Å². The van der Waals surface area contributed by atoms with Crippen LogP contribution in [0.25, 0.3) is 0 Å². The maximum absolute atomic E-state index is 5.87. The molecule has 0 bridgehead atoms. The van der Waals surface area contributed by atoms with Gasteiger partial charge in [-0.3, -0.25) is 0 Å². The maximum atomic E-state index is 5.87. The van der Waals surface area contributed by atoms with Gasteiger partial charge < -0.3 is 4.42 Å². The van der Waals surface area contributed by atoms with Crippen molar-refractivity contribution in [3.8, 4) is 0 Å². The van der Waals surface area contributed by atoms with Crippen molar-refractivity contribution in [2.45, 2.75) is 83.4 Å². The van der Waals surface area contributed by atoms with Crippen LogP contribution in [-0.2, 0) is 6.42 Å². The fourth-order valence-corrected chi connectivity index (χ4v) is 2.20. The summed E-state index contributed by atoms with van der Waals surface area (Å²) in [6, 6.07) is 0. The van der Waals surface area contributed by atoms with Crippen molar-refractivity contribution in [2.24, 2.45) is 0 Å². The van der Waals surface area contributed by atoms with Gasteiger partial charge in [0, 0.05) is 6.42 Å². The molecule has 0 aliphatic rings. The molecule has 0 fully saturated rings. The van der Waals surface area contributed by atoms with Gasteiger partial charge in [-0.1, -0.05) is 58.3 Å². The molecule has 0 N–H and O–H groups in total.